The van der Waals surface area contributed by atoms with Crippen molar-refractivity contribution in [1.29, 1.82) is 0 Å². The van der Waals surface area contributed by atoms with Gasteiger partial charge in [0.25, 0.3) is 5.91 Å². The van der Waals surface area contributed by atoms with Crippen LogP contribution >= 0.6 is 0 Å². The van der Waals surface area contributed by atoms with Crippen molar-refractivity contribution in [2.45, 2.75) is 57.5 Å². The van der Waals surface area contributed by atoms with Gasteiger partial charge in [0.2, 0.25) is 5.91 Å². The van der Waals surface area contributed by atoms with Gasteiger partial charge in [0.15, 0.2) is 0 Å². The molecule has 138 valence electrons. The summed E-state index contributed by atoms with van der Waals surface area (Å²) in [5.74, 6) is 0.471. The van der Waals surface area contributed by atoms with Gasteiger partial charge in [-0.15, -0.1) is 0 Å². The van der Waals surface area contributed by atoms with Crippen molar-refractivity contribution >= 4 is 11.8 Å². The molecule has 1 saturated carbocycles. The zero-order chi connectivity index (χ0) is 17.6. The standard InChI is InChI=1S/C19H29N3O3/c1-14(20-19(24)16-8-11-25-13-16)18(23)21-17-6-9-22(10-7-17)12-15-4-2-3-5-15/h8,11,13-15,17H,2-7,9-10,12H2,1H3,(H,20,24)(H,21,23). The fourth-order valence-corrected chi connectivity index (χ4v) is 3.88. The molecule has 1 saturated heterocycles. The van der Waals surface area contributed by atoms with Gasteiger partial charge in [-0.3, -0.25) is 9.59 Å². The summed E-state index contributed by atoms with van der Waals surface area (Å²) >= 11 is 0. The van der Waals surface area contributed by atoms with Crippen LogP contribution in [0.2, 0.25) is 0 Å². The third kappa shape index (κ3) is 5.08. The Morgan fingerprint density at radius 3 is 2.60 bits per heavy atom. The summed E-state index contributed by atoms with van der Waals surface area (Å²) in [7, 11) is 0. The first-order valence-electron chi connectivity index (χ1n) is 9.47. The number of nitrogens with one attached hydrogen (secondary N) is 2. The van der Waals surface area contributed by atoms with Crippen LogP contribution in [-0.2, 0) is 4.79 Å². The summed E-state index contributed by atoms with van der Waals surface area (Å²) in [6.45, 7) is 5.04. The summed E-state index contributed by atoms with van der Waals surface area (Å²) in [5, 5.41) is 5.79. The minimum Gasteiger partial charge on any atom is -0.472 e. The minimum atomic E-state index is -0.557. The summed E-state index contributed by atoms with van der Waals surface area (Å²) in [4.78, 5) is 26.8. The molecule has 1 unspecified atom stereocenters. The number of likely N-dealkylation sites (tertiary alicyclic amines) is 1. The Labute approximate surface area is 149 Å². The average molecular weight is 347 g/mol. The van der Waals surface area contributed by atoms with Crippen LogP contribution in [0.1, 0.15) is 55.8 Å². The molecule has 2 N–H and O–H groups in total. The Morgan fingerprint density at radius 2 is 1.96 bits per heavy atom. The highest BCUT2D eigenvalue weighted by Crippen LogP contribution is 2.26. The highest BCUT2D eigenvalue weighted by molar-refractivity contribution is 5.97. The molecule has 1 aromatic heterocycles. The maximum Gasteiger partial charge on any atom is 0.255 e. The molecule has 25 heavy (non-hydrogen) atoms. The number of furan rings is 1. The normalized spacial score (nSPS) is 21.2. The molecule has 1 aliphatic carbocycles. The topological polar surface area (TPSA) is 74.6 Å². The van der Waals surface area contributed by atoms with Gasteiger partial charge >= 0.3 is 0 Å². The molecule has 0 radical (unpaired) electrons. The van der Waals surface area contributed by atoms with Gasteiger partial charge in [0, 0.05) is 25.7 Å². The van der Waals surface area contributed by atoms with Crippen molar-refractivity contribution in [1.82, 2.24) is 15.5 Å². The lowest BCUT2D eigenvalue weighted by Crippen LogP contribution is -2.51. The molecule has 1 aliphatic heterocycles. The highest BCUT2D eigenvalue weighted by Gasteiger charge is 2.26. The van der Waals surface area contributed by atoms with Crippen LogP contribution in [-0.4, -0.2) is 48.4 Å². The monoisotopic (exact) mass is 347 g/mol. The van der Waals surface area contributed by atoms with Crippen LogP contribution in [0.25, 0.3) is 0 Å². The zero-order valence-corrected chi connectivity index (χ0v) is 15.0. The first-order chi connectivity index (χ1) is 12.1. The number of nitrogens with zero attached hydrogens (tertiary/aromatic N) is 1. The molecule has 2 heterocycles. The molecule has 1 aromatic rings. The number of piperidine rings is 1. The van der Waals surface area contributed by atoms with E-state index in [1.165, 1.54) is 44.8 Å². The molecule has 2 amide bonds. The Kier molecular flexibility index (Phi) is 6.13. The average Bonchev–Trinajstić information content (AvgIpc) is 3.30. The van der Waals surface area contributed by atoms with E-state index in [2.05, 4.69) is 15.5 Å². The van der Waals surface area contributed by atoms with Gasteiger partial charge in [-0.1, -0.05) is 12.8 Å². The zero-order valence-electron chi connectivity index (χ0n) is 15.0. The third-order valence-electron chi connectivity index (χ3n) is 5.45. The van der Waals surface area contributed by atoms with E-state index < -0.39 is 6.04 Å². The van der Waals surface area contributed by atoms with Gasteiger partial charge in [-0.05, 0) is 44.6 Å². The summed E-state index contributed by atoms with van der Waals surface area (Å²) in [5.41, 5.74) is 0.430. The second-order valence-corrected chi connectivity index (χ2v) is 7.44. The van der Waals surface area contributed by atoms with Crippen LogP contribution in [0.5, 0.6) is 0 Å². The van der Waals surface area contributed by atoms with Crippen LogP contribution in [0, 0.1) is 5.92 Å². The van der Waals surface area contributed by atoms with Crippen molar-refractivity contribution in [3.63, 3.8) is 0 Å². The Balaban J connectivity index is 1.37. The van der Waals surface area contributed by atoms with E-state index in [1.54, 1.807) is 13.0 Å². The molecular formula is C19H29N3O3. The van der Waals surface area contributed by atoms with Gasteiger partial charge in [-0.2, -0.15) is 0 Å². The van der Waals surface area contributed by atoms with E-state index >= 15 is 0 Å². The van der Waals surface area contributed by atoms with Crippen molar-refractivity contribution in [2.75, 3.05) is 19.6 Å². The van der Waals surface area contributed by atoms with Gasteiger partial charge in [0.05, 0.1) is 11.8 Å². The van der Waals surface area contributed by atoms with Gasteiger partial charge in [-0.25, -0.2) is 0 Å². The second kappa shape index (κ2) is 8.52. The lowest BCUT2D eigenvalue weighted by molar-refractivity contribution is -0.123. The van der Waals surface area contributed by atoms with E-state index in [0.29, 0.717) is 5.56 Å². The van der Waals surface area contributed by atoms with Crippen LogP contribution in [0.15, 0.2) is 23.0 Å². The largest absolute Gasteiger partial charge is 0.472 e. The lowest BCUT2D eigenvalue weighted by Gasteiger charge is -2.34. The SMILES string of the molecule is CC(NC(=O)c1ccoc1)C(=O)NC1CCN(CC2CCCC2)CC1. The Hall–Kier alpha value is -1.82. The van der Waals surface area contributed by atoms with Crippen molar-refractivity contribution in [2.24, 2.45) is 5.92 Å². The van der Waals surface area contributed by atoms with Gasteiger partial charge in [0.1, 0.15) is 12.3 Å². The number of hydrogen-bond acceptors (Lipinski definition) is 4. The quantitative estimate of drug-likeness (QED) is 0.827. The predicted molar refractivity (Wildman–Crippen MR) is 95.2 cm³/mol. The predicted octanol–water partition coefficient (Wildman–Crippen LogP) is 2.17. The van der Waals surface area contributed by atoms with Gasteiger partial charge < -0.3 is 20.0 Å². The summed E-state index contributed by atoms with van der Waals surface area (Å²) < 4.78 is 4.89. The fraction of sp³-hybridized carbons (Fsp3) is 0.684. The highest BCUT2D eigenvalue weighted by atomic mass is 16.3. The third-order valence-corrected chi connectivity index (χ3v) is 5.45. The van der Waals surface area contributed by atoms with E-state index in [1.807, 2.05) is 0 Å². The second-order valence-electron chi connectivity index (χ2n) is 7.44. The summed E-state index contributed by atoms with van der Waals surface area (Å²) in [6, 6.07) is 1.24. The first-order valence-corrected chi connectivity index (χ1v) is 9.47. The minimum absolute atomic E-state index is 0.119. The molecule has 6 heteroatoms. The number of carbonyl (C=O) groups excluding carboxylic acids is 2. The molecule has 0 aromatic carbocycles. The lowest BCUT2D eigenvalue weighted by atomic mass is 10.0. The summed E-state index contributed by atoms with van der Waals surface area (Å²) in [6.07, 6.45) is 10.3. The fourth-order valence-electron chi connectivity index (χ4n) is 3.88. The van der Waals surface area contributed by atoms with Crippen LogP contribution in [0.3, 0.4) is 0 Å². The molecule has 1 atom stereocenters. The van der Waals surface area contributed by atoms with Crippen LogP contribution in [0.4, 0.5) is 0 Å². The van der Waals surface area contributed by atoms with E-state index in [-0.39, 0.29) is 17.9 Å². The number of rotatable bonds is 6. The smallest absolute Gasteiger partial charge is 0.255 e. The Bertz CT molecular complexity index is 558. The Morgan fingerprint density at radius 1 is 1.24 bits per heavy atom. The van der Waals surface area contributed by atoms with Crippen LogP contribution < -0.4 is 10.6 Å². The molecule has 0 bridgehead atoms. The van der Waals surface area contributed by atoms with E-state index in [4.69, 9.17) is 4.42 Å². The molecule has 0 spiro atoms. The molecule has 6 nitrogen and oxygen atoms in total. The molecular weight excluding hydrogens is 318 g/mol. The van der Waals surface area contributed by atoms with Crippen molar-refractivity contribution in [3.05, 3.63) is 24.2 Å². The molecule has 2 aliphatic rings. The maximum absolute atomic E-state index is 12.3. The maximum atomic E-state index is 12.3. The van der Waals surface area contributed by atoms with Crippen molar-refractivity contribution < 1.29 is 14.0 Å². The number of carbonyl (C=O) groups is 2. The van der Waals surface area contributed by atoms with E-state index in [9.17, 15) is 9.59 Å². The number of hydrogen-bond donors (Lipinski definition) is 2. The van der Waals surface area contributed by atoms with E-state index in [0.717, 1.165) is 31.8 Å². The molecule has 2 fully saturated rings. The number of amides is 2. The molecule has 3 rings (SSSR count). The van der Waals surface area contributed by atoms with Crippen molar-refractivity contribution in [3.8, 4) is 0 Å². The first kappa shape index (κ1) is 18.0.